The van der Waals surface area contributed by atoms with Gasteiger partial charge in [-0.3, -0.25) is 0 Å². The van der Waals surface area contributed by atoms with Gasteiger partial charge in [0.15, 0.2) is 20.7 Å². The molecule has 0 saturated carbocycles. The van der Waals surface area contributed by atoms with Crippen molar-refractivity contribution in [2.75, 3.05) is 13.2 Å². The molecule has 1 heterocycles. The van der Waals surface area contributed by atoms with Gasteiger partial charge in [-0.1, -0.05) is 106 Å². The summed E-state index contributed by atoms with van der Waals surface area (Å²) in [6, 6.07) is 28.9. The standard InChI is InChI=1S/C38H50O7Si/c1-7-8-18-25-41-37-35(44-36(39)31-23-16-11-17-24-31)34(42-27-30-21-14-10-15-22-30)33(45-46(5,6)38(2,3)4)32(43-37)28-40-26-29-19-12-9-13-20-29/h7,9-17,19-24,32-35,37H,1,8,18,25-28H2,2-6H3/t32-,33-,34+,35+,37+/m1/s1. The average Bonchev–Trinajstić information content (AvgIpc) is 3.05. The van der Waals surface area contributed by atoms with Gasteiger partial charge in [-0.2, -0.15) is 0 Å². The molecule has 4 rings (SSSR count). The number of hydrogen-bond donors (Lipinski definition) is 0. The lowest BCUT2D eigenvalue weighted by atomic mass is 9.98. The fourth-order valence-electron chi connectivity index (χ4n) is 4.95. The maximum absolute atomic E-state index is 13.6. The summed E-state index contributed by atoms with van der Waals surface area (Å²) < 4.78 is 39.4. The number of allylic oxidation sites excluding steroid dienone is 1. The molecule has 8 heteroatoms. The topological polar surface area (TPSA) is 72.5 Å². The molecule has 0 spiro atoms. The molecule has 3 aromatic carbocycles. The maximum Gasteiger partial charge on any atom is 0.338 e. The van der Waals surface area contributed by atoms with Crippen molar-refractivity contribution in [2.24, 2.45) is 0 Å². The van der Waals surface area contributed by atoms with E-state index in [0.29, 0.717) is 25.4 Å². The van der Waals surface area contributed by atoms with Crippen molar-refractivity contribution in [1.29, 1.82) is 0 Å². The van der Waals surface area contributed by atoms with Gasteiger partial charge < -0.3 is 28.1 Å². The number of esters is 1. The lowest BCUT2D eigenvalue weighted by molar-refractivity contribution is -0.307. The second-order valence-electron chi connectivity index (χ2n) is 13.2. The van der Waals surface area contributed by atoms with Crippen LogP contribution in [0.15, 0.2) is 104 Å². The molecule has 0 N–H and O–H groups in total. The first kappa shape index (κ1) is 35.7. The zero-order valence-electron chi connectivity index (χ0n) is 27.9. The van der Waals surface area contributed by atoms with Crippen molar-refractivity contribution in [3.05, 3.63) is 120 Å². The minimum Gasteiger partial charge on any atom is -0.450 e. The van der Waals surface area contributed by atoms with Gasteiger partial charge in [0.2, 0.25) is 0 Å². The molecule has 3 aromatic rings. The fraction of sp³-hybridized carbons (Fsp3) is 0.447. The van der Waals surface area contributed by atoms with E-state index in [9.17, 15) is 4.79 Å². The number of benzene rings is 3. The van der Waals surface area contributed by atoms with Gasteiger partial charge in [0.25, 0.3) is 0 Å². The van der Waals surface area contributed by atoms with Gasteiger partial charge in [-0.15, -0.1) is 6.58 Å². The molecule has 0 unspecified atom stereocenters. The summed E-state index contributed by atoms with van der Waals surface area (Å²) in [5.41, 5.74) is 2.49. The summed E-state index contributed by atoms with van der Waals surface area (Å²) in [5.74, 6) is -0.480. The van der Waals surface area contributed by atoms with Crippen LogP contribution in [0.2, 0.25) is 18.1 Å². The van der Waals surface area contributed by atoms with Crippen molar-refractivity contribution < 1.29 is 32.9 Å². The van der Waals surface area contributed by atoms with Crippen LogP contribution < -0.4 is 0 Å². The third-order valence-corrected chi connectivity index (χ3v) is 13.1. The monoisotopic (exact) mass is 646 g/mol. The largest absolute Gasteiger partial charge is 0.450 e. The number of rotatable bonds is 16. The van der Waals surface area contributed by atoms with Crippen molar-refractivity contribution in [1.82, 2.24) is 0 Å². The first-order valence-corrected chi connectivity index (χ1v) is 19.1. The molecule has 46 heavy (non-hydrogen) atoms. The Morgan fingerprint density at radius 1 is 0.826 bits per heavy atom. The molecule has 0 amide bonds. The van der Waals surface area contributed by atoms with Crippen LogP contribution in [-0.2, 0) is 41.3 Å². The quantitative estimate of drug-likeness (QED) is 0.0674. The smallest absolute Gasteiger partial charge is 0.338 e. The summed E-state index contributed by atoms with van der Waals surface area (Å²) in [7, 11) is -2.39. The Morgan fingerprint density at radius 2 is 1.41 bits per heavy atom. The third-order valence-electron chi connectivity index (χ3n) is 8.59. The number of hydrogen-bond acceptors (Lipinski definition) is 7. The molecule has 1 fully saturated rings. The minimum atomic E-state index is -2.39. The van der Waals surface area contributed by atoms with Crippen LogP contribution in [0.25, 0.3) is 0 Å². The highest BCUT2D eigenvalue weighted by atomic mass is 28.4. The number of unbranched alkanes of at least 4 members (excludes halogenated alkanes) is 1. The highest BCUT2D eigenvalue weighted by Gasteiger charge is 2.53. The van der Waals surface area contributed by atoms with E-state index in [1.807, 2.05) is 84.9 Å². The Bertz CT molecular complexity index is 1330. The SMILES string of the molecule is C=CCCCO[C@H]1O[C@H](COCc2ccccc2)[C@@H](O[Si](C)(C)C(C)(C)C)[C@H](OCc2ccccc2)[C@@H]1OC(=O)c1ccccc1. The van der Waals surface area contributed by atoms with E-state index in [1.165, 1.54) is 0 Å². The van der Waals surface area contributed by atoms with Crippen LogP contribution in [0.1, 0.15) is 55.1 Å². The number of carbonyl (C=O) groups is 1. The van der Waals surface area contributed by atoms with Crippen molar-refractivity contribution >= 4 is 14.3 Å². The Balaban J connectivity index is 1.70. The van der Waals surface area contributed by atoms with Crippen LogP contribution in [0.4, 0.5) is 0 Å². The Kier molecular flexibility index (Phi) is 13.3. The first-order valence-electron chi connectivity index (χ1n) is 16.2. The summed E-state index contributed by atoms with van der Waals surface area (Å²) >= 11 is 0. The Labute approximate surface area is 275 Å². The van der Waals surface area contributed by atoms with Gasteiger partial charge in [-0.05, 0) is 54.2 Å². The Hall–Kier alpha value is -3.11. The molecule has 0 radical (unpaired) electrons. The zero-order valence-corrected chi connectivity index (χ0v) is 28.9. The molecule has 7 nitrogen and oxygen atoms in total. The van der Waals surface area contributed by atoms with E-state index in [0.717, 1.165) is 24.0 Å². The highest BCUT2D eigenvalue weighted by molar-refractivity contribution is 6.74. The fourth-order valence-corrected chi connectivity index (χ4v) is 6.27. The molecule has 0 aromatic heterocycles. The van der Waals surface area contributed by atoms with Crippen LogP contribution in [0, 0.1) is 0 Å². The average molecular weight is 647 g/mol. The summed E-state index contributed by atoms with van der Waals surface area (Å²) in [5, 5.41) is -0.0966. The normalized spacial score (nSPS) is 21.9. The summed E-state index contributed by atoms with van der Waals surface area (Å²) in [6.45, 7) is 16.2. The van der Waals surface area contributed by atoms with Gasteiger partial charge in [0.1, 0.15) is 18.3 Å². The van der Waals surface area contributed by atoms with Crippen LogP contribution in [0.5, 0.6) is 0 Å². The van der Waals surface area contributed by atoms with E-state index in [2.05, 4.69) is 40.4 Å². The predicted molar refractivity (Wildman–Crippen MR) is 183 cm³/mol. The molecule has 0 bridgehead atoms. The van der Waals surface area contributed by atoms with Gasteiger partial charge in [0, 0.05) is 0 Å². The predicted octanol–water partition coefficient (Wildman–Crippen LogP) is 8.11. The minimum absolute atomic E-state index is 0.0966. The highest BCUT2D eigenvalue weighted by Crippen LogP contribution is 2.41. The van der Waals surface area contributed by atoms with Crippen LogP contribution >= 0.6 is 0 Å². The number of carbonyl (C=O) groups excluding carboxylic acids is 1. The van der Waals surface area contributed by atoms with Crippen LogP contribution in [0.3, 0.4) is 0 Å². The van der Waals surface area contributed by atoms with Gasteiger partial charge >= 0.3 is 5.97 Å². The molecular formula is C38H50O7Si. The van der Waals surface area contributed by atoms with Crippen LogP contribution in [-0.4, -0.2) is 58.2 Å². The lowest BCUT2D eigenvalue weighted by Gasteiger charge is -2.49. The van der Waals surface area contributed by atoms with E-state index in [-0.39, 0.29) is 11.6 Å². The van der Waals surface area contributed by atoms with Gasteiger partial charge in [0.05, 0.1) is 32.0 Å². The Morgan fingerprint density at radius 3 is 2.00 bits per heavy atom. The second-order valence-corrected chi connectivity index (χ2v) is 17.9. The van der Waals surface area contributed by atoms with E-state index >= 15 is 0 Å². The van der Waals surface area contributed by atoms with E-state index < -0.39 is 45.0 Å². The maximum atomic E-state index is 13.6. The first-order chi connectivity index (χ1) is 22.1. The second kappa shape index (κ2) is 17.2. The molecule has 0 aliphatic carbocycles. The summed E-state index contributed by atoms with van der Waals surface area (Å²) in [6.07, 6.45) is -0.259. The lowest BCUT2D eigenvalue weighted by Crippen LogP contribution is -2.64. The number of ether oxygens (including phenoxy) is 5. The zero-order chi connectivity index (χ0) is 33.0. The van der Waals surface area contributed by atoms with Crippen molar-refractivity contribution in [3.8, 4) is 0 Å². The van der Waals surface area contributed by atoms with Crippen molar-refractivity contribution in [3.63, 3.8) is 0 Å². The molecule has 1 saturated heterocycles. The molecular weight excluding hydrogens is 596 g/mol. The molecule has 1 aliphatic rings. The summed E-state index contributed by atoms with van der Waals surface area (Å²) in [4.78, 5) is 13.6. The molecule has 5 atom stereocenters. The molecule has 1 aliphatic heterocycles. The van der Waals surface area contributed by atoms with E-state index in [1.54, 1.807) is 12.1 Å². The third kappa shape index (κ3) is 10.2. The van der Waals surface area contributed by atoms with E-state index in [4.69, 9.17) is 28.1 Å². The van der Waals surface area contributed by atoms with Gasteiger partial charge in [-0.25, -0.2) is 4.79 Å². The van der Waals surface area contributed by atoms with Crippen molar-refractivity contribution in [2.45, 2.75) is 95.7 Å². The molecule has 248 valence electrons.